The number of nitrogens with one attached hydrogen (secondary N) is 1. The molecule has 1 N–H and O–H groups in total. The molecule has 0 spiro atoms. The van der Waals surface area contributed by atoms with E-state index in [9.17, 15) is 4.79 Å². The van der Waals surface area contributed by atoms with Crippen molar-refractivity contribution in [2.75, 3.05) is 71.8 Å². The van der Waals surface area contributed by atoms with Crippen LogP contribution in [0.5, 0.6) is 0 Å². The third kappa shape index (κ3) is 21.9. The number of rotatable bonds is 19. The maximum absolute atomic E-state index is 11.5. The van der Waals surface area contributed by atoms with Gasteiger partial charge in [-0.3, -0.25) is 4.79 Å². The zero-order chi connectivity index (χ0) is 18.6. The van der Waals surface area contributed by atoms with E-state index in [-0.39, 0.29) is 18.6 Å². The van der Waals surface area contributed by atoms with Crippen molar-refractivity contribution in [2.45, 2.75) is 26.4 Å². The molecule has 0 aromatic heterocycles. The van der Waals surface area contributed by atoms with Crippen molar-refractivity contribution in [1.82, 2.24) is 5.32 Å². The van der Waals surface area contributed by atoms with Crippen LogP contribution in [0.1, 0.15) is 20.3 Å². The van der Waals surface area contributed by atoms with Crippen molar-refractivity contribution >= 4 is 28.4 Å². The molecule has 25 heavy (non-hydrogen) atoms. The highest BCUT2D eigenvalue weighted by Crippen LogP contribution is 2.05. The lowest BCUT2D eigenvalue weighted by Crippen LogP contribution is -2.31. The van der Waals surface area contributed by atoms with Gasteiger partial charge in [-0.05, 0) is 20.3 Å². The number of amides is 1. The van der Waals surface area contributed by atoms with E-state index in [2.05, 4.69) is 17.0 Å². The Bertz CT molecular complexity index is 298. The van der Waals surface area contributed by atoms with Crippen LogP contribution < -0.4 is 5.32 Å². The van der Waals surface area contributed by atoms with Gasteiger partial charge in [0, 0.05) is 18.9 Å². The maximum atomic E-state index is 11.5. The van der Waals surface area contributed by atoms with E-state index < -0.39 is 0 Å². The predicted molar refractivity (Wildman–Crippen MR) is 103 cm³/mol. The Morgan fingerprint density at radius 3 is 2.16 bits per heavy atom. The monoisotopic (exact) mass is 399 g/mol. The molecule has 0 aliphatic heterocycles. The number of carbonyl (C=O) groups excluding carboxylic acids is 1. The topological polar surface area (TPSA) is 75.2 Å². The largest absolute Gasteiger partial charge is 0.380 e. The average molecular weight is 400 g/mol. The molecule has 0 bridgehead atoms. The van der Waals surface area contributed by atoms with Gasteiger partial charge in [0.05, 0.1) is 52.4 Å². The summed E-state index contributed by atoms with van der Waals surface area (Å²) in [6.07, 6.45) is 1.19. The molecule has 9 heteroatoms. The van der Waals surface area contributed by atoms with Gasteiger partial charge in [0.2, 0.25) is 5.91 Å². The molecule has 0 heterocycles. The first kappa shape index (κ1) is 25.0. The second-order valence-electron chi connectivity index (χ2n) is 5.35. The van der Waals surface area contributed by atoms with E-state index in [0.29, 0.717) is 59.4 Å². The molecule has 0 fully saturated rings. The van der Waals surface area contributed by atoms with Crippen molar-refractivity contribution in [3.05, 3.63) is 0 Å². The van der Waals surface area contributed by atoms with E-state index in [0.717, 1.165) is 12.2 Å². The Balaban J connectivity index is 3.14. The van der Waals surface area contributed by atoms with Gasteiger partial charge in [-0.2, -0.15) is 0 Å². The van der Waals surface area contributed by atoms with Crippen molar-refractivity contribution in [1.29, 1.82) is 0 Å². The van der Waals surface area contributed by atoms with Crippen molar-refractivity contribution in [2.24, 2.45) is 0 Å². The molecule has 0 aliphatic rings. The van der Waals surface area contributed by atoms with Crippen LogP contribution in [0.4, 0.5) is 0 Å². The molecule has 0 atom stereocenters. The summed E-state index contributed by atoms with van der Waals surface area (Å²) in [6, 6.07) is 0. The standard InChI is InChI=1S/C16H33NO6S2/c1-15(2)23-12-11-21-8-7-20-9-10-22-14-16(18)17-4-6-19-5-3-13-25-24/h15,24H,3-14H2,1-2H3,(H,17,18). The van der Waals surface area contributed by atoms with Crippen LogP contribution in [-0.4, -0.2) is 83.8 Å². The minimum atomic E-state index is -0.150. The van der Waals surface area contributed by atoms with Crippen LogP contribution in [0.15, 0.2) is 0 Å². The molecular weight excluding hydrogens is 366 g/mol. The molecule has 0 aliphatic carbocycles. The van der Waals surface area contributed by atoms with E-state index >= 15 is 0 Å². The third-order valence-electron chi connectivity index (χ3n) is 2.75. The Kier molecular flexibility index (Phi) is 20.3. The average Bonchev–Trinajstić information content (AvgIpc) is 2.58. The van der Waals surface area contributed by atoms with Crippen molar-refractivity contribution in [3.8, 4) is 0 Å². The number of ether oxygens (including phenoxy) is 5. The summed E-state index contributed by atoms with van der Waals surface area (Å²) in [4.78, 5) is 11.5. The normalized spacial score (nSPS) is 11.2. The van der Waals surface area contributed by atoms with Crippen molar-refractivity contribution < 1.29 is 28.5 Å². The minimum Gasteiger partial charge on any atom is -0.380 e. The molecular formula is C16H33NO6S2. The second kappa shape index (κ2) is 20.3. The smallest absolute Gasteiger partial charge is 0.246 e. The molecule has 150 valence electrons. The Morgan fingerprint density at radius 2 is 1.52 bits per heavy atom. The Morgan fingerprint density at radius 1 is 0.920 bits per heavy atom. The van der Waals surface area contributed by atoms with Gasteiger partial charge in [-0.15, -0.1) is 11.7 Å². The summed E-state index contributed by atoms with van der Waals surface area (Å²) in [5, 5.41) is 2.73. The van der Waals surface area contributed by atoms with Crippen LogP contribution >= 0.6 is 22.5 Å². The van der Waals surface area contributed by atoms with E-state index in [4.69, 9.17) is 23.7 Å². The molecule has 1 amide bonds. The fourth-order valence-corrected chi connectivity index (χ4v) is 2.22. The van der Waals surface area contributed by atoms with Crippen LogP contribution in [0.25, 0.3) is 0 Å². The van der Waals surface area contributed by atoms with Gasteiger partial charge in [0.15, 0.2) is 0 Å². The van der Waals surface area contributed by atoms with Crippen LogP contribution in [0.3, 0.4) is 0 Å². The number of carbonyl (C=O) groups is 1. The molecule has 0 saturated heterocycles. The fourth-order valence-electron chi connectivity index (χ4n) is 1.59. The predicted octanol–water partition coefficient (Wildman–Crippen LogP) is 1.56. The first-order valence-corrected chi connectivity index (χ1v) is 10.7. The Labute approximate surface area is 160 Å². The highest BCUT2D eigenvalue weighted by molar-refractivity contribution is 8.68. The van der Waals surface area contributed by atoms with E-state index in [1.54, 1.807) is 0 Å². The lowest BCUT2D eigenvalue weighted by Gasteiger charge is -2.09. The number of hydrogen-bond donors (Lipinski definition) is 2. The summed E-state index contributed by atoms with van der Waals surface area (Å²) < 4.78 is 26.6. The highest BCUT2D eigenvalue weighted by atomic mass is 33.1. The SMILES string of the molecule is CC(C)OCCOCCOCCOCC(=O)NCCOCCCSS. The molecule has 0 unspecified atom stereocenters. The van der Waals surface area contributed by atoms with Gasteiger partial charge < -0.3 is 29.0 Å². The molecule has 0 rings (SSSR count). The van der Waals surface area contributed by atoms with E-state index in [1.165, 1.54) is 10.8 Å². The number of hydrogen-bond acceptors (Lipinski definition) is 8. The number of thiol groups is 1. The summed E-state index contributed by atoms with van der Waals surface area (Å²) in [5.41, 5.74) is 0. The van der Waals surface area contributed by atoms with Gasteiger partial charge in [-0.25, -0.2) is 0 Å². The van der Waals surface area contributed by atoms with Crippen LogP contribution in [0, 0.1) is 0 Å². The summed E-state index contributed by atoms with van der Waals surface area (Å²) in [7, 11) is 1.50. The van der Waals surface area contributed by atoms with Gasteiger partial charge in [-0.1, -0.05) is 10.8 Å². The minimum absolute atomic E-state index is 0.0305. The quantitative estimate of drug-likeness (QED) is 0.194. The van der Waals surface area contributed by atoms with E-state index in [1.807, 2.05) is 13.8 Å². The van der Waals surface area contributed by atoms with Crippen LogP contribution in [-0.2, 0) is 28.5 Å². The second-order valence-corrected chi connectivity index (χ2v) is 6.79. The van der Waals surface area contributed by atoms with Gasteiger partial charge >= 0.3 is 0 Å². The van der Waals surface area contributed by atoms with Crippen molar-refractivity contribution in [3.63, 3.8) is 0 Å². The highest BCUT2D eigenvalue weighted by Gasteiger charge is 2.00. The molecule has 0 aromatic carbocycles. The summed E-state index contributed by atoms with van der Waals surface area (Å²) >= 11 is 4.04. The fraction of sp³-hybridized carbons (Fsp3) is 0.938. The first-order chi connectivity index (χ1) is 12.2. The van der Waals surface area contributed by atoms with Crippen LogP contribution in [0.2, 0.25) is 0 Å². The van der Waals surface area contributed by atoms with Gasteiger partial charge in [0.25, 0.3) is 0 Å². The third-order valence-corrected chi connectivity index (χ3v) is 3.77. The molecule has 0 radical (unpaired) electrons. The van der Waals surface area contributed by atoms with Gasteiger partial charge in [0.1, 0.15) is 6.61 Å². The lowest BCUT2D eigenvalue weighted by atomic mass is 10.5. The Hall–Kier alpha value is -0.0300. The lowest BCUT2D eigenvalue weighted by molar-refractivity contribution is -0.126. The summed E-state index contributed by atoms with van der Waals surface area (Å²) in [5.74, 6) is 0.812. The first-order valence-electron chi connectivity index (χ1n) is 8.62. The molecule has 0 aromatic rings. The maximum Gasteiger partial charge on any atom is 0.246 e. The summed E-state index contributed by atoms with van der Waals surface area (Å²) in [6.45, 7) is 8.69. The zero-order valence-electron chi connectivity index (χ0n) is 15.4. The molecule has 0 saturated carbocycles. The molecule has 7 nitrogen and oxygen atoms in total. The zero-order valence-corrected chi connectivity index (χ0v) is 17.1.